The number of rotatable bonds is 6. The Kier molecular flexibility index (Phi) is 4.60. The average Bonchev–Trinajstić information content (AvgIpc) is 3.06. The second-order valence-electron chi connectivity index (χ2n) is 6.84. The number of carbonyl (C=O) groups is 1. The minimum Gasteiger partial charge on any atom is -0.466 e. The molecule has 2 aromatic heterocycles. The Balaban J connectivity index is 1.49. The third kappa shape index (κ3) is 3.78. The summed E-state index contributed by atoms with van der Waals surface area (Å²) in [5.74, 6) is 3.09. The van der Waals surface area contributed by atoms with Crippen molar-refractivity contribution >= 4 is 5.91 Å². The van der Waals surface area contributed by atoms with Gasteiger partial charge in [-0.05, 0) is 49.9 Å². The van der Waals surface area contributed by atoms with Crippen molar-refractivity contribution in [1.82, 2.24) is 10.3 Å². The summed E-state index contributed by atoms with van der Waals surface area (Å²) in [5.41, 5.74) is 2.19. The molecule has 2 unspecified atom stereocenters. The van der Waals surface area contributed by atoms with Crippen molar-refractivity contribution < 1.29 is 9.21 Å². The second-order valence-corrected chi connectivity index (χ2v) is 6.84. The number of aromatic amines is 1. The molecule has 0 bridgehead atoms. The van der Waals surface area contributed by atoms with Crippen LogP contribution >= 0.6 is 0 Å². The van der Waals surface area contributed by atoms with E-state index >= 15 is 0 Å². The molecule has 24 heavy (non-hydrogen) atoms. The summed E-state index contributed by atoms with van der Waals surface area (Å²) in [4.78, 5) is 26.7. The third-order valence-corrected chi connectivity index (χ3v) is 4.71. The molecule has 0 aromatic carbocycles. The van der Waals surface area contributed by atoms with Crippen molar-refractivity contribution in [3.8, 4) is 0 Å². The predicted octanol–water partition coefficient (Wildman–Crippen LogP) is 2.96. The first kappa shape index (κ1) is 16.6. The topological polar surface area (TPSA) is 75.1 Å². The Bertz CT molecular complexity index is 803. The van der Waals surface area contributed by atoms with Crippen LogP contribution in [-0.2, 0) is 17.8 Å². The van der Waals surface area contributed by atoms with Crippen LogP contribution in [-0.4, -0.2) is 10.9 Å². The first-order chi connectivity index (χ1) is 11.4. The number of furan rings is 1. The second kappa shape index (κ2) is 6.67. The van der Waals surface area contributed by atoms with Gasteiger partial charge in [0.15, 0.2) is 0 Å². The van der Waals surface area contributed by atoms with Crippen molar-refractivity contribution in [3.63, 3.8) is 0 Å². The molecule has 2 heterocycles. The molecule has 2 N–H and O–H groups in total. The zero-order valence-electron chi connectivity index (χ0n) is 14.4. The first-order valence-electron chi connectivity index (χ1n) is 8.48. The minimum atomic E-state index is -0.137. The van der Waals surface area contributed by atoms with E-state index in [0.29, 0.717) is 30.2 Å². The maximum Gasteiger partial charge on any atom is 0.253 e. The van der Waals surface area contributed by atoms with Gasteiger partial charge in [-0.25, -0.2) is 0 Å². The standard InChI is InChI=1S/C19H24N2O3/c1-11-8-13(3)21-19(23)16(11)10-20-18(22)7-5-14-4-6-17(24-14)15-9-12(15)2/h4,6,8,12,15H,5,7,9-10H2,1-3H3,(H,20,22)(H,21,23). The van der Waals surface area contributed by atoms with Gasteiger partial charge < -0.3 is 14.7 Å². The van der Waals surface area contributed by atoms with Gasteiger partial charge in [0.2, 0.25) is 5.91 Å². The van der Waals surface area contributed by atoms with Gasteiger partial charge in [0.1, 0.15) is 11.5 Å². The van der Waals surface area contributed by atoms with Gasteiger partial charge in [0.25, 0.3) is 5.56 Å². The summed E-state index contributed by atoms with van der Waals surface area (Å²) in [6.45, 7) is 6.20. The van der Waals surface area contributed by atoms with Crippen LogP contribution in [0.2, 0.25) is 0 Å². The molecule has 5 heteroatoms. The molecule has 0 radical (unpaired) electrons. The van der Waals surface area contributed by atoms with Gasteiger partial charge in [0.05, 0.1) is 0 Å². The quantitative estimate of drug-likeness (QED) is 0.856. The normalized spacial score (nSPS) is 19.3. The summed E-state index contributed by atoms with van der Waals surface area (Å²) in [6, 6.07) is 5.89. The lowest BCUT2D eigenvalue weighted by Gasteiger charge is -2.07. The largest absolute Gasteiger partial charge is 0.466 e. The molecular formula is C19H24N2O3. The molecule has 1 amide bonds. The maximum atomic E-state index is 12.0. The highest BCUT2D eigenvalue weighted by Gasteiger charge is 2.36. The van der Waals surface area contributed by atoms with Crippen LogP contribution in [0, 0.1) is 19.8 Å². The zero-order chi connectivity index (χ0) is 17.3. The Hall–Kier alpha value is -2.30. The highest BCUT2D eigenvalue weighted by Crippen LogP contribution is 2.47. The third-order valence-electron chi connectivity index (χ3n) is 4.71. The Morgan fingerprint density at radius 2 is 2.12 bits per heavy atom. The average molecular weight is 328 g/mol. The van der Waals surface area contributed by atoms with E-state index in [1.807, 2.05) is 32.0 Å². The number of H-pyrrole nitrogens is 1. The van der Waals surface area contributed by atoms with Crippen molar-refractivity contribution in [3.05, 3.63) is 56.9 Å². The van der Waals surface area contributed by atoms with E-state index in [1.165, 1.54) is 6.42 Å². The number of aromatic nitrogens is 1. The molecule has 2 atom stereocenters. The lowest BCUT2D eigenvalue weighted by atomic mass is 10.1. The molecule has 3 rings (SSSR count). The number of hydrogen-bond acceptors (Lipinski definition) is 3. The van der Waals surface area contributed by atoms with E-state index in [0.717, 1.165) is 22.8 Å². The molecule has 5 nitrogen and oxygen atoms in total. The zero-order valence-corrected chi connectivity index (χ0v) is 14.4. The lowest BCUT2D eigenvalue weighted by molar-refractivity contribution is -0.121. The molecular weight excluding hydrogens is 304 g/mol. The number of aryl methyl sites for hydroxylation is 3. The summed E-state index contributed by atoms with van der Waals surface area (Å²) >= 11 is 0. The molecule has 128 valence electrons. The van der Waals surface area contributed by atoms with Gasteiger partial charge in [-0.15, -0.1) is 0 Å². The van der Waals surface area contributed by atoms with Gasteiger partial charge in [-0.2, -0.15) is 0 Å². The fraction of sp³-hybridized carbons (Fsp3) is 0.474. The fourth-order valence-corrected chi connectivity index (χ4v) is 3.06. The number of pyridine rings is 1. The monoisotopic (exact) mass is 328 g/mol. The predicted molar refractivity (Wildman–Crippen MR) is 91.9 cm³/mol. The van der Waals surface area contributed by atoms with E-state index in [1.54, 1.807) is 0 Å². The van der Waals surface area contributed by atoms with Crippen LogP contribution in [0.4, 0.5) is 0 Å². The van der Waals surface area contributed by atoms with E-state index < -0.39 is 0 Å². The first-order valence-corrected chi connectivity index (χ1v) is 8.48. The van der Waals surface area contributed by atoms with Crippen molar-refractivity contribution in [2.24, 2.45) is 5.92 Å². The van der Waals surface area contributed by atoms with Crippen LogP contribution < -0.4 is 10.9 Å². The van der Waals surface area contributed by atoms with Crippen LogP contribution in [0.5, 0.6) is 0 Å². The van der Waals surface area contributed by atoms with Gasteiger partial charge >= 0.3 is 0 Å². The van der Waals surface area contributed by atoms with E-state index in [2.05, 4.69) is 17.2 Å². The van der Waals surface area contributed by atoms with Gasteiger partial charge in [0, 0.05) is 36.6 Å². The molecule has 1 saturated carbocycles. The number of hydrogen-bond donors (Lipinski definition) is 2. The Labute approximate surface area is 141 Å². The molecule has 1 aliphatic carbocycles. The lowest BCUT2D eigenvalue weighted by Crippen LogP contribution is -2.28. The molecule has 0 aliphatic heterocycles. The van der Waals surface area contributed by atoms with Crippen molar-refractivity contribution in [2.75, 3.05) is 0 Å². The van der Waals surface area contributed by atoms with E-state index in [4.69, 9.17) is 4.42 Å². The van der Waals surface area contributed by atoms with Gasteiger partial charge in [-0.3, -0.25) is 9.59 Å². The smallest absolute Gasteiger partial charge is 0.253 e. The Morgan fingerprint density at radius 3 is 2.79 bits per heavy atom. The number of nitrogens with one attached hydrogen (secondary N) is 2. The Morgan fingerprint density at radius 1 is 1.38 bits per heavy atom. The number of amides is 1. The van der Waals surface area contributed by atoms with Crippen LogP contribution in [0.1, 0.15) is 54.0 Å². The highest BCUT2D eigenvalue weighted by molar-refractivity contribution is 5.76. The van der Waals surface area contributed by atoms with Crippen LogP contribution in [0.25, 0.3) is 0 Å². The summed E-state index contributed by atoms with van der Waals surface area (Å²) < 4.78 is 5.81. The minimum absolute atomic E-state index is 0.0767. The van der Waals surface area contributed by atoms with Crippen molar-refractivity contribution in [1.29, 1.82) is 0 Å². The highest BCUT2D eigenvalue weighted by atomic mass is 16.3. The molecule has 1 fully saturated rings. The fourth-order valence-electron chi connectivity index (χ4n) is 3.06. The molecule has 2 aromatic rings. The SMILES string of the molecule is Cc1cc(C)c(CNC(=O)CCc2ccc(C3CC3C)o2)c(=O)[nH]1. The molecule has 0 saturated heterocycles. The molecule has 0 spiro atoms. The number of carbonyl (C=O) groups excluding carboxylic acids is 1. The van der Waals surface area contributed by atoms with Crippen LogP contribution in [0.15, 0.2) is 27.4 Å². The summed E-state index contributed by atoms with van der Waals surface area (Å²) in [6.07, 6.45) is 2.13. The maximum absolute atomic E-state index is 12.0. The summed E-state index contributed by atoms with van der Waals surface area (Å²) in [5, 5.41) is 2.82. The van der Waals surface area contributed by atoms with Crippen LogP contribution in [0.3, 0.4) is 0 Å². The summed E-state index contributed by atoms with van der Waals surface area (Å²) in [7, 11) is 0. The van der Waals surface area contributed by atoms with E-state index in [-0.39, 0.29) is 18.0 Å². The molecule has 1 aliphatic rings. The van der Waals surface area contributed by atoms with Crippen molar-refractivity contribution in [2.45, 2.75) is 52.5 Å². The van der Waals surface area contributed by atoms with E-state index in [9.17, 15) is 9.59 Å². The van der Waals surface area contributed by atoms with Gasteiger partial charge in [-0.1, -0.05) is 6.92 Å².